The highest BCUT2D eigenvalue weighted by Gasteiger charge is 2.45. The Bertz CT molecular complexity index is 187. The van der Waals surface area contributed by atoms with Crippen molar-refractivity contribution in [2.24, 2.45) is 0 Å². The SMILES string of the molecule is COCC1O[C@@H](O)C(OC)[C@@H](OC)[C@H]1O. The number of methoxy groups -OCH3 is 3. The predicted molar refractivity (Wildman–Crippen MR) is 50.4 cm³/mol. The number of ether oxygens (including phenoxy) is 4. The van der Waals surface area contributed by atoms with E-state index in [1.807, 2.05) is 0 Å². The van der Waals surface area contributed by atoms with Crippen LogP contribution in [-0.4, -0.2) is 68.9 Å². The lowest BCUT2D eigenvalue weighted by molar-refractivity contribution is -0.296. The van der Waals surface area contributed by atoms with E-state index in [0.29, 0.717) is 0 Å². The van der Waals surface area contributed by atoms with Gasteiger partial charge in [0.25, 0.3) is 0 Å². The van der Waals surface area contributed by atoms with E-state index >= 15 is 0 Å². The molecule has 0 aliphatic carbocycles. The maximum absolute atomic E-state index is 9.86. The van der Waals surface area contributed by atoms with Gasteiger partial charge in [-0.2, -0.15) is 0 Å². The van der Waals surface area contributed by atoms with Crippen LogP contribution in [0.5, 0.6) is 0 Å². The first kappa shape index (κ1) is 12.8. The van der Waals surface area contributed by atoms with Crippen LogP contribution in [0.2, 0.25) is 0 Å². The molecule has 1 aliphatic rings. The van der Waals surface area contributed by atoms with Gasteiger partial charge in [-0.3, -0.25) is 0 Å². The van der Waals surface area contributed by atoms with Crippen molar-refractivity contribution in [3.05, 3.63) is 0 Å². The Kier molecular flexibility index (Phi) is 4.91. The van der Waals surface area contributed by atoms with Crippen molar-refractivity contribution in [1.82, 2.24) is 0 Å². The smallest absolute Gasteiger partial charge is 0.184 e. The molecular formula is C9H18O6. The fourth-order valence-electron chi connectivity index (χ4n) is 1.73. The summed E-state index contributed by atoms with van der Waals surface area (Å²) >= 11 is 0. The number of aliphatic hydroxyl groups is 2. The standard InChI is InChI=1S/C9H18O6/c1-12-4-5-6(10)7(13-2)8(14-3)9(11)15-5/h5-11H,4H2,1-3H3/t5?,6-,7-,8?,9+/m0/s1. The molecule has 90 valence electrons. The lowest BCUT2D eigenvalue weighted by Crippen LogP contribution is -2.59. The topological polar surface area (TPSA) is 77.4 Å². The maximum atomic E-state index is 9.86. The Morgan fingerprint density at radius 1 is 1.07 bits per heavy atom. The number of hydrogen-bond donors (Lipinski definition) is 2. The zero-order chi connectivity index (χ0) is 11.4. The van der Waals surface area contributed by atoms with E-state index < -0.39 is 30.7 Å². The van der Waals surface area contributed by atoms with Gasteiger partial charge >= 0.3 is 0 Å². The molecular weight excluding hydrogens is 204 g/mol. The van der Waals surface area contributed by atoms with E-state index in [1.165, 1.54) is 21.3 Å². The van der Waals surface area contributed by atoms with E-state index in [9.17, 15) is 10.2 Å². The minimum Gasteiger partial charge on any atom is -0.387 e. The molecule has 0 radical (unpaired) electrons. The molecule has 1 rings (SSSR count). The zero-order valence-corrected chi connectivity index (χ0v) is 9.12. The normalized spacial score (nSPS) is 41.8. The average Bonchev–Trinajstić information content (AvgIpc) is 2.22. The van der Waals surface area contributed by atoms with Crippen molar-refractivity contribution in [3.8, 4) is 0 Å². The van der Waals surface area contributed by atoms with Gasteiger partial charge in [0.05, 0.1) is 6.61 Å². The molecule has 0 amide bonds. The molecule has 1 saturated heterocycles. The molecule has 6 nitrogen and oxygen atoms in total. The summed E-state index contributed by atoms with van der Waals surface area (Å²) in [5.41, 5.74) is 0. The van der Waals surface area contributed by atoms with Crippen LogP contribution in [0.4, 0.5) is 0 Å². The Hall–Kier alpha value is -0.240. The first-order valence-electron chi connectivity index (χ1n) is 4.71. The monoisotopic (exact) mass is 222 g/mol. The molecule has 0 saturated carbocycles. The second-order valence-electron chi connectivity index (χ2n) is 3.41. The molecule has 0 spiro atoms. The largest absolute Gasteiger partial charge is 0.387 e. The second-order valence-corrected chi connectivity index (χ2v) is 3.41. The molecule has 1 heterocycles. The van der Waals surface area contributed by atoms with Gasteiger partial charge in [0.1, 0.15) is 24.4 Å². The highest BCUT2D eigenvalue weighted by atomic mass is 16.7. The van der Waals surface area contributed by atoms with Crippen LogP contribution in [0, 0.1) is 0 Å². The highest BCUT2D eigenvalue weighted by molar-refractivity contribution is 4.90. The first-order valence-corrected chi connectivity index (χ1v) is 4.71. The third kappa shape index (κ3) is 2.66. The van der Waals surface area contributed by atoms with Crippen LogP contribution in [0.3, 0.4) is 0 Å². The van der Waals surface area contributed by atoms with E-state index in [2.05, 4.69) is 0 Å². The van der Waals surface area contributed by atoms with Gasteiger partial charge in [0, 0.05) is 21.3 Å². The summed E-state index contributed by atoms with van der Waals surface area (Å²) in [6, 6.07) is 0. The molecule has 6 heteroatoms. The Morgan fingerprint density at radius 3 is 2.13 bits per heavy atom. The molecule has 2 N–H and O–H groups in total. The molecule has 5 atom stereocenters. The third-order valence-electron chi connectivity index (χ3n) is 2.51. The Labute approximate surface area is 88.7 Å². The fraction of sp³-hybridized carbons (Fsp3) is 1.00. The summed E-state index contributed by atoms with van der Waals surface area (Å²) in [7, 11) is 4.36. The van der Waals surface area contributed by atoms with Crippen LogP contribution in [-0.2, 0) is 18.9 Å². The van der Waals surface area contributed by atoms with Crippen molar-refractivity contribution in [1.29, 1.82) is 0 Å². The molecule has 0 aromatic heterocycles. The number of hydrogen-bond acceptors (Lipinski definition) is 6. The van der Waals surface area contributed by atoms with Crippen molar-refractivity contribution in [3.63, 3.8) is 0 Å². The minimum absolute atomic E-state index is 0.189. The van der Waals surface area contributed by atoms with Crippen LogP contribution >= 0.6 is 0 Å². The summed E-state index contributed by atoms with van der Waals surface area (Å²) in [6.07, 6.45) is -3.94. The molecule has 1 fully saturated rings. The van der Waals surface area contributed by atoms with Crippen LogP contribution in [0.15, 0.2) is 0 Å². The summed E-state index contributed by atoms with van der Waals surface area (Å²) in [5, 5.41) is 19.4. The van der Waals surface area contributed by atoms with Crippen molar-refractivity contribution in [2.75, 3.05) is 27.9 Å². The fourth-order valence-corrected chi connectivity index (χ4v) is 1.73. The summed E-state index contributed by atoms with van der Waals surface area (Å²) < 4.78 is 20.1. The van der Waals surface area contributed by atoms with E-state index in [0.717, 1.165) is 0 Å². The van der Waals surface area contributed by atoms with Gasteiger partial charge in [0.2, 0.25) is 0 Å². The molecule has 0 aromatic carbocycles. The van der Waals surface area contributed by atoms with E-state index in [4.69, 9.17) is 18.9 Å². The Morgan fingerprint density at radius 2 is 1.67 bits per heavy atom. The van der Waals surface area contributed by atoms with Gasteiger partial charge in [-0.1, -0.05) is 0 Å². The van der Waals surface area contributed by atoms with E-state index in [-0.39, 0.29) is 6.61 Å². The van der Waals surface area contributed by atoms with Crippen LogP contribution in [0.1, 0.15) is 0 Å². The van der Waals surface area contributed by atoms with Crippen molar-refractivity contribution >= 4 is 0 Å². The molecule has 1 aliphatic heterocycles. The zero-order valence-electron chi connectivity index (χ0n) is 9.12. The van der Waals surface area contributed by atoms with Gasteiger partial charge in [-0.15, -0.1) is 0 Å². The highest BCUT2D eigenvalue weighted by Crippen LogP contribution is 2.23. The summed E-state index contributed by atoms with van der Waals surface area (Å²) in [4.78, 5) is 0. The molecule has 15 heavy (non-hydrogen) atoms. The molecule has 2 unspecified atom stereocenters. The van der Waals surface area contributed by atoms with E-state index in [1.54, 1.807) is 0 Å². The van der Waals surface area contributed by atoms with Gasteiger partial charge < -0.3 is 29.2 Å². The average molecular weight is 222 g/mol. The van der Waals surface area contributed by atoms with Gasteiger partial charge in [-0.25, -0.2) is 0 Å². The van der Waals surface area contributed by atoms with Gasteiger partial charge in [0.15, 0.2) is 6.29 Å². The predicted octanol–water partition coefficient (Wildman–Crippen LogP) is -1.26. The second kappa shape index (κ2) is 5.74. The first-order chi connectivity index (χ1) is 7.15. The van der Waals surface area contributed by atoms with Crippen LogP contribution in [0.25, 0.3) is 0 Å². The maximum Gasteiger partial charge on any atom is 0.184 e. The number of rotatable bonds is 4. The minimum atomic E-state index is -1.12. The lowest BCUT2D eigenvalue weighted by Gasteiger charge is -2.41. The third-order valence-corrected chi connectivity index (χ3v) is 2.51. The van der Waals surface area contributed by atoms with Crippen molar-refractivity contribution < 1.29 is 29.2 Å². The molecule has 0 bridgehead atoms. The van der Waals surface area contributed by atoms with Gasteiger partial charge in [-0.05, 0) is 0 Å². The van der Waals surface area contributed by atoms with Crippen molar-refractivity contribution in [2.45, 2.75) is 30.7 Å². The summed E-state index contributed by atoms with van der Waals surface area (Å²) in [6.45, 7) is 0.189. The lowest BCUT2D eigenvalue weighted by atomic mass is 9.99. The molecule has 0 aromatic rings. The number of aliphatic hydroxyl groups excluding tert-OH is 2. The quantitative estimate of drug-likeness (QED) is 0.618. The summed E-state index contributed by atoms with van der Waals surface area (Å²) in [5.74, 6) is 0. The Balaban J connectivity index is 2.70. The van der Waals surface area contributed by atoms with Crippen LogP contribution < -0.4 is 0 Å².